The number of hydrogen-bond acceptors (Lipinski definition) is 2. The van der Waals surface area contributed by atoms with Crippen molar-refractivity contribution in [3.8, 4) is 0 Å². The summed E-state index contributed by atoms with van der Waals surface area (Å²) >= 11 is 0. The molecule has 0 fully saturated rings. The molecule has 2 N–H and O–H groups in total. The predicted octanol–water partition coefficient (Wildman–Crippen LogP) is 3.09. The van der Waals surface area contributed by atoms with E-state index in [9.17, 15) is 9.18 Å². The largest absolute Gasteiger partial charge is 0.322 e. The van der Waals surface area contributed by atoms with Crippen LogP contribution < -0.4 is 5.73 Å². The van der Waals surface area contributed by atoms with E-state index in [1.165, 1.54) is 13.0 Å². The first-order chi connectivity index (χ1) is 8.49. The second-order valence-corrected chi connectivity index (χ2v) is 5.08. The maximum Gasteiger partial charge on any atom is 0.146 e. The highest BCUT2D eigenvalue weighted by molar-refractivity contribution is 5.81. The molecule has 2 atom stereocenters. The first kappa shape index (κ1) is 14.8. The van der Waals surface area contributed by atoms with Crippen LogP contribution in [0.25, 0.3) is 0 Å². The van der Waals surface area contributed by atoms with Gasteiger partial charge in [-0.25, -0.2) is 4.39 Å². The molecule has 0 bridgehead atoms. The van der Waals surface area contributed by atoms with E-state index in [0.29, 0.717) is 5.92 Å². The van der Waals surface area contributed by atoms with E-state index in [1.807, 2.05) is 6.07 Å². The van der Waals surface area contributed by atoms with E-state index in [4.69, 9.17) is 5.73 Å². The zero-order valence-electron chi connectivity index (χ0n) is 11.2. The zero-order chi connectivity index (χ0) is 13.5. The number of benzene rings is 1. The summed E-state index contributed by atoms with van der Waals surface area (Å²) in [4.78, 5) is 11.0. The van der Waals surface area contributed by atoms with E-state index in [1.54, 1.807) is 12.1 Å². The molecule has 0 aliphatic carbocycles. The van der Waals surface area contributed by atoms with Gasteiger partial charge in [0, 0.05) is 0 Å². The van der Waals surface area contributed by atoms with Gasteiger partial charge in [0.2, 0.25) is 0 Å². The summed E-state index contributed by atoms with van der Waals surface area (Å²) in [6, 6.07) is 6.37. The van der Waals surface area contributed by atoms with Gasteiger partial charge in [-0.2, -0.15) is 0 Å². The van der Waals surface area contributed by atoms with Crippen molar-refractivity contribution in [2.75, 3.05) is 0 Å². The van der Waals surface area contributed by atoms with Crippen molar-refractivity contribution in [1.82, 2.24) is 0 Å². The Bertz CT molecular complexity index is 392. The highest BCUT2D eigenvalue weighted by atomic mass is 19.1. The number of Topliss-reactive ketones (excluding diaryl/α,β-unsaturated/α-hetero) is 1. The first-order valence-corrected chi connectivity index (χ1v) is 6.49. The predicted molar refractivity (Wildman–Crippen MR) is 71.8 cm³/mol. The minimum absolute atomic E-state index is 0.0481. The molecule has 0 saturated heterocycles. The zero-order valence-corrected chi connectivity index (χ0v) is 11.2. The lowest BCUT2D eigenvalue weighted by Gasteiger charge is -2.14. The highest BCUT2D eigenvalue weighted by Gasteiger charge is 2.12. The van der Waals surface area contributed by atoms with Crippen LogP contribution in [0.5, 0.6) is 0 Å². The quantitative estimate of drug-likeness (QED) is 0.809. The fourth-order valence-corrected chi connectivity index (χ4v) is 2.06. The number of halogens is 1. The Hall–Kier alpha value is -1.22. The Kier molecular flexibility index (Phi) is 5.99. The van der Waals surface area contributed by atoms with E-state index in [2.05, 4.69) is 6.92 Å². The second-order valence-electron chi connectivity index (χ2n) is 5.08. The Balaban J connectivity index is 2.27. The fourth-order valence-electron chi connectivity index (χ4n) is 2.06. The number of carbonyl (C=O) groups is 1. The molecule has 100 valence electrons. The lowest BCUT2D eigenvalue weighted by molar-refractivity contribution is -0.118. The number of hydrogen-bond donors (Lipinski definition) is 1. The number of carbonyl (C=O) groups excluding carboxylic acids is 1. The normalized spacial score (nSPS) is 14.2. The summed E-state index contributed by atoms with van der Waals surface area (Å²) in [5.41, 5.74) is 6.75. The lowest BCUT2D eigenvalue weighted by atomic mass is 9.94. The van der Waals surface area contributed by atoms with Crippen molar-refractivity contribution < 1.29 is 9.18 Å². The molecular weight excluding hydrogens is 229 g/mol. The monoisotopic (exact) mass is 251 g/mol. The third-order valence-corrected chi connectivity index (χ3v) is 3.23. The Morgan fingerprint density at radius 3 is 2.78 bits per heavy atom. The first-order valence-electron chi connectivity index (χ1n) is 6.49. The smallest absolute Gasteiger partial charge is 0.146 e. The molecule has 18 heavy (non-hydrogen) atoms. The molecule has 0 amide bonds. The van der Waals surface area contributed by atoms with Crippen LogP contribution in [0.2, 0.25) is 0 Å². The SMILES string of the molecule is CC(=O)[C@@H](N)C[C@H](C)CCCc1cccc(F)c1. The molecule has 0 unspecified atom stereocenters. The molecule has 1 aromatic carbocycles. The lowest BCUT2D eigenvalue weighted by Crippen LogP contribution is -2.30. The van der Waals surface area contributed by atoms with Crippen LogP contribution in [0.3, 0.4) is 0 Å². The Morgan fingerprint density at radius 1 is 1.44 bits per heavy atom. The minimum Gasteiger partial charge on any atom is -0.322 e. The van der Waals surface area contributed by atoms with Gasteiger partial charge >= 0.3 is 0 Å². The van der Waals surface area contributed by atoms with Gasteiger partial charge in [-0.3, -0.25) is 4.79 Å². The maximum atomic E-state index is 13.0. The van der Waals surface area contributed by atoms with Crippen LogP contribution in [0.15, 0.2) is 24.3 Å². The number of ketones is 1. The molecule has 0 heterocycles. The van der Waals surface area contributed by atoms with Crippen LogP contribution in [0.4, 0.5) is 4.39 Å². The van der Waals surface area contributed by atoms with Gasteiger partial charge < -0.3 is 5.73 Å². The molecule has 1 rings (SSSR count). The average molecular weight is 251 g/mol. The summed E-state index contributed by atoms with van der Waals surface area (Å²) in [7, 11) is 0. The number of aryl methyl sites for hydroxylation is 1. The maximum absolute atomic E-state index is 13.0. The molecule has 0 aliphatic rings. The third kappa shape index (κ3) is 5.41. The third-order valence-electron chi connectivity index (χ3n) is 3.23. The van der Waals surface area contributed by atoms with Gasteiger partial charge in [0.1, 0.15) is 11.6 Å². The van der Waals surface area contributed by atoms with Crippen molar-refractivity contribution in [3.05, 3.63) is 35.6 Å². The van der Waals surface area contributed by atoms with Crippen LogP contribution in [-0.4, -0.2) is 11.8 Å². The number of rotatable bonds is 7. The molecule has 3 heteroatoms. The summed E-state index contributed by atoms with van der Waals surface area (Å²) in [5, 5.41) is 0. The van der Waals surface area contributed by atoms with Crippen LogP contribution in [0, 0.1) is 11.7 Å². The molecule has 0 aromatic heterocycles. The average Bonchev–Trinajstić information content (AvgIpc) is 2.28. The molecule has 1 aromatic rings. The van der Waals surface area contributed by atoms with Gasteiger partial charge in [-0.1, -0.05) is 25.5 Å². The van der Waals surface area contributed by atoms with Crippen molar-refractivity contribution in [2.45, 2.75) is 45.6 Å². The van der Waals surface area contributed by atoms with E-state index >= 15 is 0 Å². The Morgan fingerprint density at radius 2 is 2.17 bits per heavy atom. The van der Waals surface area contributed by atoms with Crippen molar-refractivity contribution >= 4 is 5.78 Å². The molecule has 0 aliphatic heterocycles. The van der Waals surface area contributed by atoms with Crippen molar-refractivity contribution in [1.29, 1.82) is 0 Å². The fraction of sp³-hybridized carbons (Fsp3) is 0.533. The van der Waals surface area contributed by atoms with E-state index in [-0.39, 0.29) is 17.6 Å². The summed E-state index contributed by atoms with van der Waals surface area (Å²) < 4.78 is 13.0. The van der Waals surface area contributed by atoms with Gasteiger partial charge in [0.25, 0.3) is 0 Å². The van der Waals surface area contributed by atoms with Gasteiger partial charge in [0.15, 0.2) is 0 Å². The molecule has 2 nitrogen and oxygen atoms in total. The van der Waals surface area contributed by atoms with E-state index in [0.717, 1.165) is 31.2 Å². The van der Waals surface area contributed by atoms with E-state index < -0.39 is 0 Å². The molecule has 0 spiro atoms. The molecular formula is C15H22FNO. The van der Waals surface area contributed by atoms with Crippen molar-refractivity contribution in [3.63, 3.8) is 0 Å². The van der Waals surface area contributed by atoms with Gasteiger partial charge in [0.05, 0.1) is 6.04 Å². The molecule has 0 saturated carbocycles. The van der Waals surface area contributed by atoms with Crippen LogP contribution in [-0.2, 0) is 11.2 Å². The topological polar surface area (TPSA) is 43.1 Å². The number of nitrogens with two attached hydrogens (primary N) is 1. The standard InChI is InChI=1S/C15H22FNO/c1-11(9-15(17)12(2)18)5-3-6-13-7-4-8-14(16)10-13/h4,7-8,10-11,15H,3,5-6,9,17H2,1-2H3/t11-,15+/m1/s1. The second kappa shape index (κ2) is 7.27. The molecule has 0 radical (unpaired) electrons. The summed E-state index contributed by atoms with van der Waals surface area (Å²) in [6.45, 7) is 3.64. The van der Waals surface area contributed by atoms with Gasteiger partial charge in [-0.05, 0) is 49.8 Å². The van der Waals surface area contributed by atoms with Crippen LogP contribution in [0.1, 0.15) is 38.7 Å². The minimum atomic E-state index is -0.339. The van der Waals surface area contributed by atoms with Crippen LogP contribution >= 0.6 is 0 Å². The highest BCUT2D eigenvalue weighted by Crippen LogP contribution is 2.15. The van der Waals surface area contributed by atoms with Gasteiger partial charge in [-0.15, -0.1) is 0 Å². The van der Waals surface area contributed by atoms with Crippen molar-refractivity contribution in [2.24, 2.45) is 11.7 Å². The summed E-state index contributed by atoms with van der Waals surface area (Å²) in [6.07, 6.45) is 3.61. The summed E-state index contributed by atoms with van der Waals surface area (Å²) in [5.74, 6) is 0.295. The Labute approximate surface area is 108 Å².